The van der Waals surface area contributed by atoms with Gasteiger partial charge in [-0.2, -0.15) is 0 Å². The number of amides is 1. The molecule has 3 atom stereocenters. The first-order valence-corrected chi connectivity index (χ1v) is 6.89. The number of piperidine rings is 1. The lowest BCUT2D eigenvalue weighted by Crippen LogP contribution is -2.56. The van der Waals surface area contributed by atoms with Crippen LogP contribution in [-0.4, -0.2) is 40.3 Å². The molecule has 3 unspecified atom stereocenters. The Morgan fingerprint density at radius 3 is 2.22 bits per heavy atom. The predicted molar refractivity (Wildman–Crippen MR) is 70.2 cm³/mol. The number of hydrogen-bond acceptors (Lipinski definition) is 3. The molecule has 1 N–H and O–H groups in total. The third-order valence-corrected chi connectivity index (χ3v) is 3.93. The lowest BCUT2D eigenvalue weighted by Gasteiger charge is -2.38. The van der Waals surface area contributed by atoms with Crippen molar-refractivity contribution in [3.8, 4) is 0 Å². The zero-order chi connectivity index (χ0) is 13.5. The summed E-state index contributed by atoms with van der Waals surface area (Å²) in [6.45, 7) is 7.94. The van der Waals surface area contributed by atoms with Gasteiger partial charge in [-0.1, -0.05) is 0 Å². The molecule has 2 aliphatic rings. The van der Waals surface area contributed by atoms with E-state index in [9.17, 15) is 9.59 Å². The normalized spacial score (nSPS) is 30.3. The van der Waals surface area contributed by atoms with Crippen LogP contribution in [0, 0.1) is 0 Å². The molecule has 0 aromatic rings. The summed E-state index contributed by atoms with van der Waals surface area (Å²) in [6.07, 6.45) is 3.38. The number of nitrogens with one attached hydrogen (secondary N) is 1. The maximum atomic E-state index is 12.2. The van der Waals surface area contributed by atoms with Gasteiger partial charge in [0.25, 0.3) is 0 Å². The average molecular weight is 252 g/mol. The van der Waals surface area contributed by atoms with E-state index in [1.165, 1.54) is 0 Å². The second-order valence-corrected chi connectivity index (χ2v) is 6.69. The van der Waals surface area contributed by atoms with E-state index < -0.39 is 0 Å². The average Bonchev–Trinajstić information content (AvgIpc) is 2.47. The third-order valence-electron chi connectivity index (χ3n) is 3.93. The van der Waals surface area contributed by atoms with Crippen molar-refractivity contribution in [2.45, 2.75) is 77.0 Å². The van der Waals surface area contributed by atoms with Crippen molar-refractivity contribution in [3.05, 3.63) is 0 Å². The molecule has 2 heterocycles. The SMILES string of the molecule is CC(C(=O)NC(C)(C)C)N1C2CCC1CC(=O)C2. The lowest BCUT2D eigenvalue weighted by molar-refractivity contribution is -0.133. The number of ketones is 1. The van der Waals surface area contributed by atoms with Crippen LogP contribution in [0.15, 0.2) is 0 Å². The van der Waals surface area contributed by atoms with Crippen molar-refractivity contribution < 1.29 is 9.59 Å². The summed E-state index contributed by atoms with van der Waals surface area (Å²) >= 11 is 0. The number of hydrogen-bond donors (Lipinski definition) is 1. The van der Waals surface area contributed by atoms with Crippen LogP contribution < -0.4 is 5.32 Å². The molecule has 0 aliphatic carbocycles. The van der Waals surface area contributed by atoms with E-state index in [0.29, 0.717) is 18.6 Å². The summed E-state index contributed by atoms with van der Waals surface area (Å²) in [5, 5.41) is 3.03. The Morgan fingerprint density at radius 2 is 1.78 bits per heavy atom. The van der Waals surface area contributed by atoms with Crippen LogP contribution in [0.2, 0.25) is 0 Å². The van der Waals surface area contributed by atoms with Crippen LogP contribution in [0.5, 0.6) is 0 Å². The molecule has 2 aliphatic heterocycles. The van der Waals surface area contributed by atoms with Crippen LogP contribution in [0.3, 0.4) is 0 Å². The van der Waals surface area contributed by atoms with Crippen LogP contribution >= 0.6 is 0 Å². The van der Waals surface area contributed by atoms with Crippen LogP contribution in [0.25, 0.3) is 0 Å². The summed E-state index contributed by atoms with van der Waals surface area (Å²) in [4.78, 5) is 26.1. The maximum absolute atomic E-state index is 12.2. The molecule has 0 aromatic heterocycles. The Kier molecular flexibility index (Phi) is 3.49. The Labute approximate surface area is 109 Å². The van der Waals surface area contributed by atoms with Crippen molar-refractivity contribution >= 4 is 11.7 Å². The van der Waals surface area contributed by atoms with E-state index in [1.807, 2.05) is 27.7 Å². The van der Waals surface area contributed by atoms with E-state index in [0.717, 1.165) is 12.8 Å². The summed E-state index contributed by atoms with van der Waals surface area (Å²) in [7, 11) is 0. The van der Waals surface area contributed by atoms with Gasteiger partial charge >= 0.3 is 0 Å². The fourth-order valence-electron chi connectivity index (χ4n) is 3.25. The van der Waals surface area contributed by atoms with E-state index in [2.05, 4.69) is 10.2 Å². The Balaban J connectivity index is 2.04. The zero-order valence-electron chi connectivity index (χ0n) is 11.8. The quantitative estimate of drug-likeness (QED) is 0.810. The van der Waals surface area contributed by atoms with E-state index in [4.69, 9.17) is 0 Å². The highest BCUT2D eigenvalue weighted by Crippen LogP contribution is 2.35. The minimum absolute atomic E-state index is 0.0775. The van der Waals surface area contributed by atoms with Crippen LogP contribution in [0.1, 0.15) is 53.4 Å². The molecular formula is C14H24N2O2. The second-order valence-electron chi connectivity index (χ2n) is 6.69. The molecule has 2 bridgehead atoms. The van der Waals surface area contributed by atoms with E-state index in [1.54, 1.807) is 0 Å². The first kappa shape index (κ1) is 13.5. The molecule has 0 saturated carbocycles. The molecule has 1 amide bonds. The topological polar surface area (TPSA) is 49.4 Å². The van der Waals surface area contributed by atoms with Gasteiger partial charge in [-0.05, 0) is 40.5 Å². The molecule has 0 aromatic carbocycles. The van der Waals surface area contributed by atoms with Crippen molar-refractivity contribution in [2.24, 2.45) is 0 Å². The molecule has 4 heteroatoms. The van der Waals surface area contributed by atoms with Gasteiger partial charge < -0.3 is 5.32 Å². The van der Waals surface area contributed by atoms with Gasteiger partial charge in [0.1, 0.15) is 5.78 Å². The van der Waals surface area contributed by atoms with Crippen LogP contribution in [0.4, 0.5) is 0 Å². The van der Waals surface area contributed by atoms with Gasteiger partial charge in [0.2, 0.25) is 5.91 Å². The van der Waals surface area contributed by atoms with Gasteiger partial charge in [-0.25, -0.2) is 0 Å². The van der Waals surface area contributed by atoms with Crippen molar-refractivity contribution in [1.82, 2.24) is 10.2 Å². The van der Waals surface area contributed by atoms with E-state index >= 15 is 0 Å². The molecule has 0 spiro atoms. The van der Waals surface area contributed by atoms with E-state index in [-0.39, 0.29) is 29.6 Å². The first-order valence-electron chi connectivity index (χ1n) is 6.89. The Hall–Kier alpha value is -0.900. The number of nitrogens with zero attached hydrogens (tertiary/aromatic N) is 1. The minimum Gasteiger partial charge on any atom is -0.350 e. The largest absolute Gasteiger partial charge is 0.350 e. The summed E-state index contributed by atoms with van der Waals surface area (Å²) in [6, 6.07) is 0.448. The summed E-state index contributed by atoms with van der Waals surface area (Å²) in [5.74, 6) is 0.441. The summed E-state index contributed by atoms with van der Waals surface area (Å²) < 4.78 is 0. The molecule has 2 saturated heterocycles. The zero-order valence-corrected chi connectivity index (χ0v) is 11.8. The van der Waals surface area contributed by atoms with Gasteiger partial charge in [0.15, 0.2) is 0 Å². The molecule has 18 heavy (non-hydrogen) atoms. The fourth-order valence-corrected chi connectivity index (χ4v) is 3.25. The van der Waals surface area contributed by atoms with Crippen molar-refractivity contribution in [3.63, 3.8) is 0 Å². The van der Waals surface area contributed by atoms with Crippen molar-refractivity contribution in [1.29, 1.82) is 0 Å². The molecular weight excluding hydrogens is 228 g/mol. The smallest absolute Gasteiger partial charge is 0.237 e. The number of carbonyl (C=O) groups is 2. The molecule has 102 valence electrons. The fraction of sp³-hybridized carbons (Fsp3) is 0.857. The number of rotatable bonds is 2. The van der Waals surface area contributed by atoms with Crippen LogP contribution in [-0.2, 0) is 9.59 Å². The third kappa shape index (κ3) is 2.74. The highest BCUT2D eigenvalue weighted by molar-refractivity contribution is 5.84. The Bertz CT molecular complexity index is 343. The number of Topliss-reactive ketones (excluding diaryl/α,β-unsaturated/α-hetero) is 1. The standard InChI is InChI=1S/C14H24N2O2/c1-9(13(18)15-14(2,3)4)16-10-5-6-11(16)8-12(17)7-10/h9-11H,5-8H2,1-4H3,(H,15,18). The number of fused-ring (bicyclic) bond motifs is 2. The highest BCUT2D eigenvalue weighted by Gasteiger charge is 2.44. The van der Waals surface area contributed by atoms with Gasteiger partial charge in [0, 0.05) is 30.5 Å². The predicted octanol–water partition coefficient (Wildman–Crippen LogP) is 1.49. The molecule has 0 radical (unpaired) electrons. The van der Waals surface area contributed by atoms with Gasteiger partial charge in [-0.15, -0.1) is 0 Å². The molecule has 2 fully saturated rings. The summed E-state index contributed by atoms with van der Waals surface area (Å²) in [5.41, 5.74) is -0.198. The van der Waals surface area contributed by atoms with Gasteiger partial charge in [0.05, 0.1) is 6.04 Å². The number of carbonyl (C=O) groups excluding carboxylic acids is 2. The minimum atomic E-state index is -0.198. The maximum Gasteiger partial charge on any atom is 0.237 e. The van der Waals surface area contributed by atoms with Gasteiger partial charge in [-0.3, -0.25) is 14.5 Å². The molecule has 4 nitrogen and oxygen atoms in total. The second kappa shape index (κ2) is 4.65. The van der Waals surface area contributed by atoms with Crippen molar-refractivity contribution in [2.75, 3.05) is 0 Å². The lowest BCUT2D eigenvalue weighted by atomic mass is 9.98. The molecule has 2 rings (SSSR count). The first-order chi connectivity index (χ1) is 8.28. The Morgan fingerprint density at radius 1 is 1.28 bits per heavy atom. The highest BCUT2D eigenvalue weighted by atomic mass is 16.2. The monoisotopic (exact) mass is 252 g/mol.